The van der Waals surface area contributed by atoms with Crippen LogP contribution in [0, 0.1) is 5.92 Å². The zero-order valence-electron chi connectivity index (χ0n) is 28.3. The van der Waals surface area contributed by atoms with Gasteiger partial charge in [0.25, 0.3) is 0 Å². The molecule has 254 valence electrons. The van der Waals surface area contributed by atoms with Crippen molar-refractivity contribution in [3.8, 4) is 0 Å². The molecule has 1 N–H and O–H groups in total. The Hall–Kier alpha value is -0.790. The molecule has 4 unspecified atom stereocenters. The summed E-state index contributed by atoms with van der Waals surface area (Å²) in [5.41, 5.74) is 1.04. The normalized spacial score (nSPS) is 23.0. The fourth-order valence-electron chi connectivity index (χ4n) is 7.09. The highest BCUT2D eigenvalue weighted by molar-refractivity contribution is 7.47. The summed E-state index contributed by atoms with van der Waals surface area (Å²) in [6.07, 6.45) is 22.7. The fourth-order valence-corrected chi connectivity index (χ4v) is 7.92. The van der Waals surface area contributed by atoms with E-state index in [0.29, 0.717) is 37.8 Å². The molecular weight excluding hydrogens is 573 g/mol. The van der Waals surface area contributed by atoms with Gasteiger partial charge in [-0.1, -0.05) is 121 Å². The number of phosphoric acid groups is 1. The second-order valence-corrected chi connectivity index (χ2v) is 15.5. The molecule has 1 aromatic rings. The first-order valence-electron chi connectivity index (χ1n) is 18.0. The van der Waals surface area contributed by atoms with E-state index in [9.17, 15) is 9.46 Å². The second kappa shape index (κ2) is 21.2. The summed E-state index contributed by atoms with van der Waals surface area (Å²) in [6, 6.07) is 11.2. The molecule has 4 atom stereocenters. The third kappa shape index (κ3) is 14.8. The maximum atomic E-state index is 12.8. The summed E-state index contributed by atoms with van der Waals surface area (Å²) in [4.78, 5) is 10.5. The number of hydrogen-bond acceptors (Lipinski definition) is 5. The van der Waals surface area contributed by atoms with E-state index >= 15 is 0 Å². The van der Waals surface area contributed by atoms with E-state index in [0.717, 1.165) is 29.3 Å². The minimum atomic E-state index is -4.18. The molecular formula is C36H65NO6P+. The molecule has 44 heavy (non-hydrogen) atoms. The summed E-state index contributed by atoms with van der Waals surface area (Å²) in [5, 5.41) is 0. The minimum absolute atomic E-state index is 0.0425. The van der Waals surface area contributed by atoms with Gasteiger partial charge >= 0.3 is 7.82 Å². The van der Waals surface area contributed by atoms with Crippen LogP contribution < -0.4 is 0 Å². The maximum Gasteiger partial charge on any atom is 0.472 e. The first-order valence-corrected chi connectivity index (χ1v) is 19.5. The molecule has 0 aromatic heterocycles. The first-order chi connectivity index (χ1) is 21.3. The van der Waals surface area contributed by atoms with Gasteiger partial charge in [0.15, 0.2) is 0 Å². The Labute approximate surface area is 269 Å². The number of phosphoric ester groups is 1. The van der Waals surface area contributed by atoms with E-state index in [-0.39, 0.29) is 13.2 Å². The van der Waals surface area contributed by atoms with Crippen LogP contribution in [0.5, 0.6) is 0 Å². The standard InChI is InChI=1S/C36H64NO6P/c1-4-5-6-7-8-9-10-11-12-13-14-15-16-20-25-40-30-36(41-28-32-21-18-17-19-22-32)31-43-44(38,39)42-29-33-26-34-23-24-35(27-33)37(34,2)3/h17-19,21-22,33-36H,4-16,20,23-31H2,1-3H3/p+1. The first kappa shape index (κ1) is 37.7. The van der Waals surface area contributed by atoms with Crippen LogP contribution in [-0.4, -0.2) is 68.1 Å². The summed E-state index contributed by atoms with van der Waals surface area (Å²) in [5.74, 6) is 0.307. The van der Waals surface area contributed by atoms with Crippen LogP contribution >= 0.6 is 7.82 Å². The Morgan fingerprint density at radius 3 is 1.91 bits per heavy atom. The van der Waals surface area contributed by atoms with E-state index < -0.39 is 13.9 Å². The van der Waals surface area contributed by atoms with Crippen molar-refractivity contribution >= 4 is 7.82 Å². The van der Waals surface area contributed by atoms with Crippen molar-refractivity contribution in [1.29, 1.82) is 0 Å². The number of unbranched alkanes of at least 4 members (excludes halogenated alkanes) is 13. The number of nitrogens with zero attached hydrogens (tertiary/aromatic N) is 1. The predicted molar refractivity (Wildman–Crippen MR) is 180 cm³/mol. The van der Waals surface area contributed by atoms with Crippen LogP contribution in [0.4, 0.5) is 0 Å². The Balaban J connectivity index is 1.26. The molecule has 3 rings (SSSR count). The van der Waals surface area contributed by atoms with E-state index in [1.165, 1.54) is 96.3 Å². The summed E-state index contributed by atoms with van der Waals surface area (Å²) in [6.45, 7) is 3.88. The average Bonchev–Trinajstić information content (AvgIpc) is 3.15. The van der Waals surface area contributed by atoms with Crippen molar-refractivity contribution in [2.45, 2.75) is 147 Å². The molecule has 0 amide bonds. The highest BCUT2D eigenvalue weighted by atomic mass is 31.2. The van der Waals surface area contributed by atoms with Gasteiger partial charge in [0.2, 0.25) is 0 Å². The van der Waals surface area contributed by atoms with Crippen LogP contribution in [0.3, 0.4) is 0 Å². The molecule has 2 heterocycles. The Bertz CT molecular complexity index is 899. The van der Waals surface area contributed by atoms with Gasteiger partial charge in [0.05, 0.1) is 52.6 Å². The van der Waals surface area contributed by atoms with Gasteiger partial charge in [0.1, 0.15) is 6.10 Å². The van der Waals surface area contributed by atoms with Crippen LogP contribution in [0.15, 0.2) is 30.3 Å². The third-order valence-electron chi connectivity index (χ3n) is 10.1. The lowest BCUT2D eigenvalue weighted by atomic mass is 9.90. The van der Waals surface area contributed by atoms with E-state index in [4.69, 9.17) is 18.5 Å². The van der Waals surface area contributed by atoms with Crippen molar-refractivity contribution in [2.24, 2.45) is 5.92 Å². The third-order valence-corrected chi connectivity index (χ3v) is 11.0. The van der Waals surface area contributed by atoms with Gasteiger partial charge in [-0.3, -0.25) is 9.05 Å². The average molecular weight is 639 g/mol. The van der Waals surface area contributed by atoms with Gasteiger partial charge in [-0.2, -0.15) is 0 Å². The highest BCUT2D eigenvalue weighted by Crippen LogP contribution is 2.47. The quantitative estimate of drug-likeness (QED) is 0.0620. The number of quaternary nitrogens is 1. The lowest BCUT2D eigenvalue weighted by Gasteiger charge is -2.44. The van der Waals surface area contributed by atoms with Crippen molar-refractivity contribution in [2.75, 3.05) is 40.5 Å². The minimum Gasteiger partial charge on any atom is -0.379 e. The van der Waals surface area contributed by atoms with E-state index in [2.05, 4.69) is 21.0 Å². The number of hydrogen-bond donors (Lipinski definition) is 1. The van der Waals surface area contributed by atoms with Gasteiger partial charge in [-0.15, -0.1) is 0 Å². The highest BCUT2D eigenvalue weighted by Gasteiger charge is 2.49. The lowest BCUT2D eigenvalue weighted by molar-refractivity contribution is -0.931. The lowest BCUT2D eigenvalue weighted by Crippen LogP contribution is -2.54. The zero-order valence-corrected chi connectivity index (χ0v) is 29.2. The van der Waals surface area contributed by atoms with E-state index in [1.807, 2.05) is 30.3 Å². The number of fused-ring (bicyclic) bond motifs is 2. The largest absolute Gasteiger partial charge is 0.472 e. The zero-order chi connectivity index (χ0) is 31.5. The Morgan fingerprint density at radius 1 is 0.795 bits per heavy atom. The molecule has 2 fully saturated rings. The molecule has 2 aliphatic heterocycles. The van der Waals surface area contributed by atoms with Gasteiger partial charge in [-0.05, 0) is 17.9 Å². The molecule has 0 spiro atoms. The van der Waals surface area contributed by atoms with Crippen molar-refractivity contribution in [3.63, 3.8) is 0 Å². The van der Waals surface area contributed by atoms with Gasteiger partial charge in [-0.25, -0.2) is 4.57 Å². The van der Waals surface area contributed by atoms with Crippen molar-refractivity contribution in [3.05, 3.63) is 35.9 Å². The summed E-state index contributed by atoms with van der Waals surface area (Å²) in [7, 11) is 0.455. The fraction of sp³-hybridized carbons (Fsp3) is 0.833. The van der Waals surface area contributed by atoms with Crippen molar-refractivity contribution in [1.82, 2.24) is 0 Å². The molecule has 1 aromatic carbocycles. The van der Waals surface area contributed by atoms with Gasteiger partial charge in [0, 0.05) is 32.3 Å². The molecule has 8 heteroatoms. The van der Waals surface area contributed by atoms with Crippen molar-refractivity contribution < 1.29 is 32.5 Å². The van der Waals surface area contributed by atoms with Gasteiger partial charge < -0.3 is 18.9 Å². The van der Waals surface area contributed by atoms with E-state index in [1.54, 1.807) is 0 Å². The second-order valence-electron chi connectivity index (χ2n) is 14.0. The van der Waals surface area contributed by atoms with Crippen LogP contribution in [0.1, 0.15) is 128 Å². The molecule has 2 aliphatic rings. The number of benzene rings is 1. The molecule has 0 radical (unpaired) electrons. The molecule has 0 saturated carbocycles. The predicted octanol–water partition coefficient (Wildman–Crippen LogP) is 9.22. The molecule has 7 nitrogen and oxygen atoms in total. The summed E-state index contributed by atoms with van der Waals surface area (Å²) >= 11 is 0. The molecule has 0 aliphatic carbocycles. The summed E-state index contributed by atoms with van der Waals surface area (Å²) < 4.78 is 36.8. The monoisotopic (exact) mass is 638 g/mol. The van der Waals surface area contributed by atoms with Crippen LogP contribution in [0.25, 0.3) is 0 Å². The Morgan fingerprint density at radius 2 is 1.34 bits per heavy atom. The van der Waals surface area contributed by atoms with Crippen LogP contribution in [0.2, 0.25) is 0 Å². The Kier molecular flexibility index (Phi) is 18.1. The SMILES string of the molecule is CCCCCCCCCCCCCCCCOCC(COP(=O)(O)OCC1CC2CCC(C1)[N+]2(C)C)OCc1ccccc1. The number of rotatable bonds is 26. The number of ether oxygens (including phenoxy) is 2. The van der Waals surface area contributed by atoms with Crippen LogP contribution in [-0.2, 0) is 29.7 Å². The maximum absolute atomic E-state index is 12.8. The molecule has 2 bridgehead atoms. The smallest absolute Gasteiger partial charge is 0.379 e. The number of piperidine rings is 1. The topological polar surface area (TPSA) is 74.2 Å². The molecule has 2 saturated heterocycles.